The molecule has 1 amide bonds. The molecule has 6 nitrogen and oxygen atoms in total. The summed E-state index contributed by atoms with van der Waals surface area (Å²) in [6.45, 7) is 3.02. The number of rotatable bonds is 7. The molecule has 2 aromatic carbocycles. The number of amides is 1. The van der Waals surface area contributed by atoms with Crippen molar-refractivity contribution in [1.29, 1.82) is 0 Å². The third-order valence-corrected chi connectivity index (χ3v) is 7.17. The number of fused-ring (bicyclic) bond motifs is 1. The van der Waals surface area contributed by atoms with Gasteiger partial charge >= 0.3 is 0 Å². The van der Waals surface area contributed by atoms with Crippen LogP contribution in [0.15, 0.2) is 59.9 Å². The summed E-state index contributed by atoms with van der Waals surface area (Å²) in [5.74, 6) is 1.60. The number of carbonyl (C=O) groups excluding carboxylic acids is 2. The molecule has 0 spiro atoms. The Kier molecular flexibility index (Phi) is 6.31. The van der Waals surface area contributed by atoms with Crippen molar-refractivity contribution >= 4 is 11.7 Å². The Labute approximate surface area is 200 Å². The lowest BCUT2D eigenvalue weighted by Crippen LogP contribution is -2.39. The number of ether oxygens (including phenoxy) is 3. The van der Waals surface area contributed by atoms with Crippen LogP contribution in [-0.2, 0) is 20.7 Å². The topological polar surface area (TPSA) is 65.1 Å². The van der Waals surface area contributed by atoms with Gasteiger partial charge in [-0.15, -0.1) is 0 Å². The van der Waals surface area contributed by atoms with Gasteiger partial charge in [0.05, 0.1) is 31.2 Å². The molecule has 0 saturated heterocycles. The highest BCUT2D eigenvalue weighted by molar-refractivity contribution is 6.11. The number of Topliss-reactive ketones (excluding diaryl/α,β-unsaturated/α-hetero) is 1. The largest absolute Gasteiger partial charge is 0.497 e. The van der Waals surface area contributed by atoms with E-state index in [1.54, 1.807) is 12.0 Å². The zero-order chi connectivity index (χ0) is 23.7. The average molecular weight is 462 g/mol. The van der Waals surface area contributed by atoms with Crippen LogP contribution in [0.5, 0.6) is 11.5 Å². The van der Waals surface area contributed by atoms with E-state index in [4.69, 9.17) is 14.2 Å². The quantitative estimate of drug-likeness (QED) is 0.601. The summed E-state index contributed by atoms with van der Waals surface area (Å²) in [6, 6.07) is 15.1. The van der Waals surface area contributed by atoms with Gasteiger partial charge in [-0.1, -0.05) is 30.7 Å². The van der Waals surface area contributed by atoms with Crippen molar-refractivity contribution in [2.45, 2.75) is 51.2 Å². The normalized spacial score (nSPS) is 23.9. The van der Waals surface area contributed by atoms with E-state index in [1.165, 1.54) is 0 Å². The molecule has 0 aromatic heterocycles. The molecule has 6 heteroatoms. The maximum atomic E-state index is 13.7. The van der Waals surface area contributed by atoms with E-state index >= 15 is 0 Å². The van der Waals surface area contributed by atoms with E-state index in [9.17, 15) is 9.59 Å². The van der Waals surface area contributed by atoms with Crippen molar-refractivity contribution in [2.24, 2.45) is 5.92 Å². The molecule has 178 valence electrons. The minimum Gasteiger partial charge on any atom is -0.497 e. The van der Waals surface area contributed by atoms with E-state index in [0.29, 0.717) is 25.1 Å². The lowest BCUT2D eigenvalue weighted by atomic mass is 9.77. The summed E-state index contributed by atoms with van der Waals surface area (Å²) >= 11 is 0. The number of ketones is 1. The van der Waals surface area contributed by atoms with Crippen molar-refractivity contribution < 1.29 is 23.8 Å². The first-order valence-corrected chi connectivity index (χ1v) is 12.2. The molecule has 1 aliphatic carbocycles. The molecular formula is C28H31NO5. The standard InChI is InChI=1S/C28H31NO5/c1-3-33-21-14-10-19(11-15-21)25-24-26(30)22-6-4-5-7-23(22)34-27(24)28(31)29(25)17-16-18-8-12-20(32-2)13-9-18/h8-15,22-23,25H,3-7,16-17H2,1-2H3. The molecule has 2 aromatic rings. The summed E-state index contributed by atoms with van der Waals surface area (Å²) in [7, 11) is 1.64. The molecule has 0 bridgehead atoms. The van der Waals surface area contributed by atoms with Gasteiger partial charge in [-0.05, 0) is 68.0 Å². The number of benzene rings is 2. The minimum atomic E-state index is -0.438. The number of hydrogen-bond donors (Lipinski definition) is 0. The summed E-state index contributed by atoms with van der Waals surface area (Å²) < 4.78 is 17.1. The van der Waals surface area contributed by atoms with Crippen LogP contribution in [0.25, 0.3) is 0 Å². The summed E-state index contributed by atoms with van der Waals surface area (Å²) in [6.07, 6.45) is 4.23. The second kappa shape index (κ2) is 9.53. The lowest BCUT2D eigenvalue weighted by Gasteiger charge is -2.35. The number of hydrogen-bond acceptors (Lipinski definition) is 5. The Balaban J connectivity index is 1.47. The number of carbonyl (C=O) groups is 2. The van der Waals surface area contributed by atoms with Crippen LogP contribution in [0.3, 0.4) is 0 Å². The zero-order valence-electron chi connectivity index (χ0n) is 19.8. The van der Waals surface area contributed by atoms with Gasteiger partial charge in [0.15, 0.2) is 11.5 Å². The average Bonchev–Trinajstić information content (AvgIpc) is 3.15. The molecular weight excluding hydrogens is 430 g/mol. The third kappa shape index (κ3) is 4.06. The Morgan fingerprint density at radius 2 is 1.68 bits per heavy atom. The molecule has 34 heavy (non-hydrogen) atoms. The van der Waals surface area contributed by atoms with E-state index in [-0.39, 0.29) is 29.5 Å². The molecule has 0 radical (unpaired) electrons. The Hall–Kier alpha value is -3.28. The second-order valence-electron chi connectivity index (χ2n) is 9.16. The maximum absolute atomic E-state index is 13.7. The third-order valence-electron chi connectivity index (χ3n) is 7.17. The van der Waals surface area contributed by atoms with E-state index < -0.39 is 6.04 Å². The van der Waals surface area contributed by atoms with Crippen LogP contribution in [0.4, 0.5) is 0 Å². The van der Waals surface area contributed by atoms with Crippen LogP contribution in [0.2, 0.25) is 0 Å². The first-order chi connectivity index (χ1) is 16.6. The fraction of sp³-hybridized carbons (Fsp3) is 0.429. The SMILES string of the molecule is CCOc1ccc(C2C3=C(OC4CCCCC4C3=O)C(=O)N2CCc2ccc(OC)cc2)cc1. The van der Waals surface area contributed by atoms with Crippen molar-refractivity contribution in [1.82, 2.24) is 4.90 Å². The molecule has 3 atom stereocenters. The Morgan fingerprint density at radius 1 is 0.971 bits per heavy atom. The van der Waals surface area contributed by atoms with Crippen molar-refractivity contribution in [2.75, 3.05) is 20.3 Å². The van der Waals surface area contributed by atoms with Crippen LogP contribution < -0.4 is 9.47 Å². The molecule has 1 fully saturated rings. The predicted octanol–water partition coefficient (Wildman–Crippen LogP) is 4.63. The van der Waals surface area contributed by atoms with Gasteiger partial charge in [0.2, 0.25) is 0 Å². The van der Waals surface area contributed by atoms with Gasteiger partial charge in [-0.25, -0.2) is 0 Å². The molecule has 0 N–H and O–H groups in total. The Bertz CT molecular complexity index is 1090. The highest BCUT2D eigenvalue weighted by Gasteiger charge is 2.51. The monoisotopic (exact) mass is 461 g/mol. The Morgan fingerprint density at radius 3 is 2.38 bits per heavy atom. The fourth-order valence-electron chi connectivity index (χ4n) is 5.42. The first-order valence-electron chi connectivity index (χ1n) is 12.2. The summed E-state index contributed by atoms with van der Waals surface area (Å²) in [5.41, 5.74) is 2.54. The molecule has 3 aliphatic rings. The van der Waals surface area contributed by atoms with E-state index in [2.05, 4.69) is 0 Å². The molecule has 1 saturated carbocycles. The molecule has 5 rings (SSSR count). The van der Waals surface area contributed by atoms with E-state index in [0.717, 1.165) is 48.3 Å². The predicted molar refractivity (Wildman–Crippen MR) is 128 cm³/mol. The fourth-order valence-corrected chi connectivity index (χ4v) is 5.42. The summed E-state index contributed by atoms with van der Waals surface area (Å²) in [4.78, 5) is 29.1. The van der Waals surface area contributed by atoms with Gasteiger partial charge < -0.3 is 19.1 Å². The van der Waals surface area contributed by atoms with Crippen molar-refractivity contribution in [3.63, 3.8) is 0 Å². The highest BCUT2D eigenvalue weighted by atomic mass is 16.5. The highest BCUT2D eigenvalue weighted by Crippen LogP contribution is 2.46. The smallest absolute Gasteiger partial charge is 0.290 e. The zero-order valence-corrected chi connectivity index (χ0v) is 19.8. The molecule has 2 heterocycles. The lowest BCUT2D eigenvalue weighted by molar-refractivity contribution is -0.135. The van der Waals surface area contributed by atoms with Crippen molar-refractivity contribution in [3.8, 4) is 11.5 Å². The van der Waals surface area contributed by atoms with E-state index in [1.807, 2.05) is 55.5 Å². The van der Waals surface area contributed by atoms with Gasteiger partial charge in [-0.2, -0.15) is 0 Å². The minimum absolute atomic E-state index is 0.0881. The van der Waals surface area contributed by atoms with Gasteiger partial charge in [-0.3, -0.25) is 9.59 Å². The van der Waals surface area contributed by atoms with Crippen LogP contribution in [-0.4, -0.2) is 43.0 Å². The van der Waals surface area contributed by atoms with Crippen LogP contribution in [0, 0.1) is 5.92 Å². The van der Waals surface area contributed by atoms with Crippen molar-refractivity contribution in [3.05, 3.63) is 71.0 Å². The van der Waals surface area contributed by atoms with Gasteiger partial charge in [0.25, 0.3) is 5.91 Å². The molecule has 2 aliphatic heterocycles. The number of methoxy groups -OCH3 is 1. The second-order valence-corrected chi connectivity index (χ2v) is 9.16. The van der Waals surface area contributed by atoms with Gasteiger partial charge in [0.1, 0.15) is 17.6 Å². The number of nitrogens with zero attached hydrogens (tertiary/aromatic N) is 1. The maximum Gasteiger partial charge on any atom is 0.290 e. The summed E-state index contributed by atoms with van der Waals surface area (Å²) in [5, 5.41) is 0. The first kappa shape index (κ1) is 22.5. The molecule has 3 unspecified atom stereocenters. The van der Waals surface area contributed by atoms with Crippen LogP contribution >= 0.6 is 0 Å². The van der Waals surface area contributed by atoms with Crippen LogP contribution in [0.1, 0.15) is 49.8 Å². The van der Waals surface area contributed by atoms with Gasteiger partial charge in [0, 0.05) is 6.54 Å².